The number of anilines is 3. The van der Waals surface area contributed by atoms with E-state index < -0.39 is 17.5 Å². The molecule has 0 aliphatic heterocycles. The second kappa shape index (κ2) is 6.40. The Bertz CT molecular complexity index is 652. The predicted octanol–water partition coefficient (Wildman–Crippen LogP) is 2.83. The van der Waals surface area contributed by atoms with Crippen molar-refractivity contribution in [3.63, 3.8) is 0 Å². The predicted molar refractivity (Wildman–Crippen MR) is 71.9 cm³/mol. The summed E-state index contributed by atoms with van der Waals surface area (Å²) in [6.45, 7) is 0.157. The molecule has 0 radical (unpaired) electrons. The topological polar surface area (TPSA) is 59.1 Å². The molecule has 0 fully saturated rings. The molecular formula is C13H13F3N4O. The van der Waals surface area contributed by atoms with Crippen molar-refractivity contribution in [2.75, 3.05) is 24.8 Å². The first kappa shape index (κ1) is 15.0. The SMILES string of the molecule is CNc1cc(Nc2ccc(F)c(F)c2F)nc(COC)n1. The summed E-state index contributed by atoms with van der Waals surface area (Å²) >= 11 is 0. The lowest BCUT2D eigenvalue weighted by Gasteiger charge is -2.10. The largest absolute Gasteiger partial charge is 0.377 e. The van der Waals surface area contributed by atoms with Gasteiger partial charge in [0.2, 0.25) is 0 Å². The summed E-state index contributed by atoms with van der Waals surface area (Å²) < 4.78 is 44.6. The van der Waals surface area contributed by atoms with E-state index in [0.29, 0.717) is 11.6 Å². The van der Waals surface area contributed by atoms with Crippen molar-refractivity contribution in [3.05, 3.63) is 41.5 Å². The molecule has 2 N–H and O–H groups in total. The fourth-order valence-electron chi connectivity index (χ4n) is 1.64. The number of hydrogen-bond acceptors (Lipinski definition) is 5. The van der Waals surface area contributed by atoms with Gasteiger partial charge in [-0.25, -0.2) is 23.1 Å². The number of nitrogens with one attached hydrogen (secondary N) is 2. The fourth-order valence-corrected chi connectivity index (χ4v) is 1.64. The summed E-state index contributed by atoms with van der Waals surface area (Å²) in [7, 11) is 3.14. The highest BCUT2D eigenvalue weighted by molar-refractivity contribution is 5.59. The highest BCUT2D eigenvalue weighted by atomic mass is 19.2. The van der Waals surface area contributed by atoms with Gasteiger partial charge in [0, 0.05) is 20.2 Å². The highest BCUT2D eigenvalue weighted by Gasteiger charge is 2.14. The van der Waals surface area contributed by atoms with Crippen LogP contribution in [-0.4, -0.2) is 24.1 Å². The lowest BCUT2D eigenvalue weighted by atomic mass is 10.2. The number of benzene rings is 1. The molecule has 0 unspecified atom stereocenters. The molecule has 8 heteroatoms. The van der Waals surface area contributed by atoms with Crippen LogP contribution >= 0.6 is 0 Å². The lowest BCUT2D eigenvalue weighted by Crippen LogP contribution is -2.06. The molecule has 2 aromatic rings. The van der Waals surface area contributed by atoms with Crippen LogP contribution in [0, 0.1) is 17.5 Å². The Morgan fingerprint density at radius 2 is 1.81 bits per heavy atom. The zero-order chi connectivity index (χ0) is 15.4. The van der Waals surface area contributed by atoms with Crippen LogP contribution in [0.25, 0.3) is 0 Å². The Labute approximate surface area is 119 Å². The normalized spacial score (nSPS) is 10.5. The maximum absolute atomic E-state index is 13.6. The lowest BCUT2D eigenvalue weighted by molar-refractivity contribution is 0.178. The molecule has 1 aromatic heterocycles. The number of aromatic nitrogens is 2. The van der Waals surface area contributed by atoms with Crippen LogP contribution in [0.5, 0.6) is 0 Å². The molecular weight excluding hydrogens is 285 g/mol. The van der Waals surface area contributed by atoms with Gasteiger partial charge in [0.25, 0.3) is 0 Å². The van der Waals surface area contributed by atoms with E-state index in [-0.39, 0.29) is 18.1 Å². The van der Waals surface area contributed by atoms with E-state index in [0.717, 1.165) is 12.1 Å². The second-order valence-electron chi connectivity index (χ2n) is 4.09. The minimum Gasteiger partial charge on any atom is -0.377 e. The van der Waals surface area contributed by atoms with Crippen molar-refractivity contribution >= 4 is 17.3 Å². The van der Waals surface area contributed by atoms with Gasteiger partial charge in [-0.2, -0.15) is 0 Å². The number of rotatable bonds is 5. The van der Waals surface area contributed by atoms with Gasteiger partial charge in [0.05, 0.1) is 5.69 Å². The van der Waals surface area contributed by atoms with Gasteiger partial charge in [-0.05, 0) is 12.1 Å². The molecule has 2 rings (SSSR count). The van der Waals surface area contributed by atoms with E-state index in [2.05, 4.69) is 20.6 Å². The van der Waals surface area contributed by atoms with E-state index in [4.69, 9.17) is 4.74 Å². The maximum Gasteiger partial charge on any atom is 0.196 e. The van der Waals surface area contributed by atoms with E-state index in [1.54, 1.807) is 7.05 Å². The minimum atomic E-state index is -1.54. The smallest absolute Gasteiger partial charge is 0.196 e. The molecule has 0 aliphatic rings. The summed E-state index contributed by atoms with van der Waals surface area (Å²) in [6.07, 6.45) is 0. The van der Waals surface area contributed by atoms with Crippen LogP contribution in [-0.2, 0) is 11.3 Å². The Balaban J connectivity index is 2.34. The van der Waals surface area contributed by atoms with Gasteiger partial charge in [-0.15, -0.1) is 0 Å². The van der Waals surface area contributed by atoms with E-state index >= 15 is 0 Å². The van der Waals surface area contributed by atoms with Crippen molar-refractivity contribution < 1.29 is 17.9 Å². The number of nitrogens with zero attached hydrogens (tertiary/aromatic N) is 2. The summed E-state index contributed by atoms with van der Waals surface area (Å²) in [4.78, 5) is 8.21. The Hall–Kier alpha value is -2.35. The minimum absolute atomic E-state index is 0.157. The monoisotopic (exact) mass is 298 g/mol. The molecule has 21 heavy (non-hydrogen) atoms. The molecule has 0 atom stereocenters. The van der Waals surface area contributed by atoms with Crippen LogP contribution in [0.3, 0.4) is 0 Å². The summed E-state index contributed by atoms with van der Waals surface area (Å²) in [6, 6.07) is 3.42. The van der Waals surface area contributed by atoms with E-state index in [9.17, 15) is 13.2 Å². The number of halogens is 3. The fraction of sp³-hybridized carbons (Fsp3) is 0.231. The van der Waals surface area contributed by atoms with Crippen LogP contribution in [0.1, 0.15) is 5.82 Å². The third kappa shape index (κ3) is 3.40. The molecule has 5 nitrogen and oxygen atoms in total. The Morgan fingerprint density at radius 1 is 1.10 bits per heavy atom. The van der Waals surface area contributed by atoms with Crippen molar-refractivity contribution in [2.24, 2.45) is 0 Å². The quantitative estimate of drug-likeness (QED) is 0.831. The Morgan fingerprint density at radius 3 is 2.48 bits per heavy atom. The Kier molecular flexibility index (Phi) is 4.59. The molecule has 1 heterocycles. The van der Waals surface area contributed by atoms with E-state index in [1.165, 1.54) is 13.2 Å². The van der Waals surface area contributed by atoms with E-state index in [1.807, 2.05) is 0 Å². The first-order chi connectivity index (χ1) is 10.0. The number of methoxy groups -OCH3 is 1. The van der Waals surface area contributed by atoms with Crippen LogP contribution in [0.2, 0.25) is 0 Å². The standard InChI is InChI=1S/C13H13F3N4O/c1-17-9-5-10(20-11(19-9)6-21-2)18-8-4-3-7(14)12(15)13(8)16/h3-5H,6H2,1-2H3,(H2,17,18,19,20). The third-order valence-corrected chi connectivity index (χ3v) is 2.60. The number of hydrogen-bond donors (Lipinski definition) is 2. The van der Waals surface area contributed by atoms with Crippen molar-refractivity contribution in [3.8, 4) is 0 Å². The summed E-state index contributed by atoms with van der Waals surface area (Å²) in [5.74, 6) is -3.05. The molecule has 0 amide bonds. The average Bonchev–Trinajstić information content (AvgIpc) is 2.48. The first-order valence-corrected chi connectivity index (χ1v) is 6.00. The van der Waals surface area contributed by atoms with Crippen LogP contribution in [0.15, 0.2) is 18.2 Å². The van der Waals surface area contributed by atoms with Gasteiger partial charge in [-0.1, -0.05) is 0 Å². The molecule has 0 spiro atoms. The van der Waals surface area contributed by atoms with Crippen molar-refractivity contribution in [1.82, 2.24) is 9.97 Å². The zero-order valence-corrected chi connectivity index (χ0v) is 11.4. The summed E-state index contributed by atoms with van der Waals surface area (Å²) in [5, 5.41) is 5.40. The van der Waals surface area contributed by atoms with Gasteiger partial charge >= 0.3 is 0 Å². The first-order valence-electron chi connectivity index (χ1n) is 6.00. The zero-order valence-electron chi connectivity index (χ0n) is 11.4. The van der Waals surface area contributed by atoms with Crippen LogP contribution < -0.4 is 10.6 Å². The third-order valence-electron chi connectivity index (χ3n) is 2.60. The summed E-state index contributed by atoms with van der Waals surface area (Å²) in [5.41, 5.74) is -0.224. The van der Waals surface area contributed by atoms with Gasteiger partial charge in [-0.3, -0.25) is 0 Å². The van der Waals surface area contributed by atoms with Gasteiger partial charge in [0.15, 0.2) is 23.3 Å². The molecule has 0 saturated carbocycles. The molecule has 0 saturated heterocycles. The van der Waals surface area contributed by atoms with Gasteiger partial charge in [0.1, 0.15) is 18.2 Å². The molecule has 1 aromatic carbocycles. The van der Waals surface area contributed by atoms with Crippen molar-refractivity contribution in [1.29, 1.82) is 0 Å². The second-order valence-corrected chi connectivity index (χ2v) is 4.09. The molecule has 0 aliphatic carbocycles. The number of ether oxygens (including phenoxy) is 1. The average molecular weight is 298 g/mol. The van der Waals surface area contributed by atoms with Crippen LogP contribution in [0.4, 0.5) is 30.5 Å². The molecule has 0 bridgehead atoms. The maximum atomic E-state index is 13.6. The molecule has 112 valence electrons. The van der Waals surface area contributed by atoms with Gasteiger partial charge < -0.3 is 15.4 Å². The highest BCUT2D eigenvalue weighted by Crippen LogP contribution is 2.23. The van der Waals surface area contributed by atoms with Crippen molar-refractivity contribution in [2.45, 2.75) is 6.61 Å².